The number of anilines is 1. The summed E-state index contributed by atoms with van der Waals surface area (Å²) in [7, 11) is 0. The second-order valence-electron chi connectivity index (χ2n) is 8.85. The molecule has 0 bridgehead atoms. The summed E-state index contributed by atoms with van der Waals surface area (Å²) in [6, 6.07) is 14.0. The molecular formula is C26H21ClFN7O2. The van der Waals surface area contributed by atoms with Crippen molar-refractivity contribution >= 4 is 29.1 Å². The van der Waals surface area contributed by atoms with Gasteiger partial charge in [0, 0.05) is 22.9 Å². The van der Waals surface area contributed by atoms with Crippen molar-refractivity contribution in [3.05, 3.63) is 98.0 Å². The predicted octanol–water partition coefficient (Wildman–Crippen LogP) is 3.13. The molecule has 1 aliphatic carbocycles. The minimum Gasteiger partial charge on any atom is -0.493 e. The molecular weight excluding hydrogens is 497 g/mol. The minimum absolute atomic E-state index is 0.221. The van der Waals surface area contributed by atoms with Crippen molar-refractivity contribution in [2.24, 2.45) is 4.99 Å². The highest BCUT2D eigenvalue weighted by Gasteiger charge is 2.20. The van der Waals surface area contributed by atoms with Gasteiger partial charge in [-0.05, 0) is 59.9 Å². The maximum absolute atomic E-state index is 14.1. The molecule has 5 aromatic rings. The monoisotopic (exact) mass is 517 g/mol. The molecule has 0 amide bonds. The number of aromatic hydroxyl groups is 1. The maximum Gasteiger partial charge on any atom is 0.326 e. The van der Waals surface area contributed by atoms with Gasteiger partial charge in [-0.15, -0.1) is 0 Å². The average Bonchev–Trinajstić information content (AvgIpc) is 3.51. The Bertz CT molecular complexity index is 1820. The van der Waals surface area contributed by atoms with E-state index < -0.39 is 5.69 Å². The second kappa shape index (κ2) is 9.21. The summed E-state index contributed by atoms with van der Waals surface area (Å²) in [6.45, 7) is 0.368. The Morgan fingerprint density at radius 3 is 2.84 bits per heavy atom. The van der Waals surface area contributed by atoms with Crippen LogP contribution in [-0.4, -0.2) is 35.7 Å². The number of hydrogen-bond acceptors (Lipinski definition) is 6. The van der Waals surface area contributed by atoms with Crippen LogP contribution in [0.2, 0.25) is 5.02 Å². The van der Waals surface area contributed by atoms with E-state index in [1.165, 1.54) is 12.1 Å². The van der Waals surface area contributed by atoms with Crippen molar-refractivity contribution in [2.45, 2.75) is 25.4 Å². The third-order valence-corrected chi connectivity index (χ3v) is 6.28. The van der Waals surface area contributed by atoms with Crippen LogP contribution in [0.3, 0.4) is 0 Å². The van der Waals surface area contributed by atoms with Gasteiger partial charge in [0.05, 0.1) is 12.2 Å². The van der Waals surface area contributed by atoms with Crippen LogP contribution >= 0.6 is 11.6 Å². The molecule has 9 nitrogen and oxygen atoms in total. The number of H-pyrrole nitrogens is 2. The van der Waals surface area contributed by atoms with Gasteiger partial charge in [0.2, 0.25) is 5.88 Å². The number of nitrogens with one attached hydrogen (secondary N) is 3. The van der Waals surface area contributed by atoms with E-state index in [0.29, 0.717) is 33.7 Å². The summed E-state index contributed by atoms with van der Waals surface area (Å²) in [5, 5.41) is 18.9. The van der Waals surface area contributed by atoms with Gasteiger partial charge in [0.15, 0.2) is 11.1 Å². The van der Waals surface area contributed by atoms with E-state index in [-0.39, 0.29) is 23.4 Å². The number of nitrogens with zero attached hydrogens (tertiary/aromatic N) is 4. The number of benzene rings is 2. The first kappa shape index (κ1) is 23.0. The zero-order valence-electron chi connectivity index (χ0n) is 19.4. The Hall–Kier alpha value is -4.44. The topological polar surface area (TPSA) is 123 Å². The summed E-state index contributed by atoms with van der Waals surface area (Å²) in [6.07, 6.45) is 5.22. The molecule has 0 aliphatic heterocycles. The van der Waals surface area contributed by atoms with Crippen molar-refractivity contribution in [3.8, 4) is 17.0 Å². The lowest BCUT2D eigenvalue weighted by Gasteiger charge is -2.12. The summed E-state index contributed by atoms with van der Waals surface area (Å²) < 4.78 is 15.8. The lowest BCUT2D eigenvalue weighted by atomic mass is 9.99. The minimum atomic E-state index is -0.519. The lowest BCUT2D eigenvalue weighted by Crippen LogP contribution is -2.20. The van der Waals surface area contributed by atoms with Gasteiger partial charge >= 0.3 is 5.69 Å². The van der Waals surface area contributed by atoms with Crippen LogP contribution in [0.25, 0.3) is 22.9 Å². The average molecular weight is 518 g/mol. The standard InChI is InChI=1S/C26H21ClFN7O2/c27-17-3-1-2-14(8-17)20-10-18(28)5-4-15(20)12-29-22-11-23(31-19-6-7-19)35-24(33-22)16(13-30-35)9-21-25(36)34-26(37)32-21/h1-5,8-11,13,19,29,36H,6-7,12H2,(H2,32,34,37)/b16-9+,31-23?. The van der Waals surface area contributed by atoms with Gasteiger partial charge in [0.25, 0.3) is 0 Å². The smallest absolute Gasteiger partial charge is 0.326 e. The third kappa shape index (κ3) is 4.83. The Labute approximate surface area is 214 Å². The molecule has 0 unspecified atom stereocenters. The van der Waals surface area contributed by atoms with Crippen LogP contribution in [0.15, 0.2) is 64.5 Å². The van der Waals surface area contributed by atoms with Crippen molar-refractivity contribution in [2.75, 3.05) is 5.32 Å². The molecule has 1 fully saturated rings. The molecule has 6 rings (SSSR count). The number of imidazole rings is 1. The molecule has 186 valence electrons. The van der Waals surface area contributed by atoms with Gasteiger partial charge in [-0.25, -0.2) is 14.2 Å². The predicted molar refractivity (Wildman–Crippen MR) is 138 cm³/mol. The zero-order chi connectivity index (χ0) is 25.5. The first-order valence-electron chi connectivity index (χ1n) is 11.7. The summed E-state index contributed by atoms with van der Waals surface area (Å²) >= 11 is 6.17. The van der Waals surface area contributed by atoms with E-state index in [9.17, 15) is 14.3 Å². The molecule has 11 heteroatoms. The Morgan fingerprint density at radius 2 is 2.08 bits per heavy atom. The van der Waals surface area contributed by atoms with Crippen LogP contribution in [0.5, 0.6) is 5.88 Å². The molecule has 1 aliphatic rings. The summed E-state index contributed by atoms with van der Waals surface area (Å²) in [5.74, 6) is -0.0594. The van der Waals surface area contributed by atoms with E-state index in [2.05, 4.69) is 20.4 Å². The normalized spacial score (nSPS) is 14.5. The van der Waals surface area contributed by atoms with Gasteiger partial charge in [-0.3, -0.25) is 9.98 Å². The molecule has 0 spiro atoms. The lowest BCUT2D eigenvalue weighted by molar-refractivity contribution is 0.454. The van der Waals surface area contributed by atoms with E-state index in [4.69, 9.17) is 21.6 Å². The number of hydrogen-bond donors (Lipinski definition) is 4. The van der Waals surface area contributed by atoms with Gasteiger partial charge in [0.1, 0.15) is 17.3 Å². The first-order chi connectivity index (χ1) is 17.9. The van der Waals surface area contributed by atoms with Gasteiger partial charge in [-0.1, -0.05) is 29.8 Å². The maximum atomic E-state index is 14.1. The molecule has 3 aromatic heterocycles. The van der Waals surface area contributed by atoms with Crippen molar-refractivity contribution in [3.63, 3.8) is 0 Å². The van der Waals surface area contributed by atoms with Crippen LogP contribution in [0.1, 0.15) is 24.1 Å². The van der Waals surface area contributed by atoms with Crippen LogP contribution in [0.4, 0.5) is 10.2 Å². The number of fused-ring (bicyclic) bond motifs is 1. The van der Waals surface area contributed by atoms with E-state index in [1.807, 2.05) is 18.2 Å². The Kier molecular flexibility index (Phi) is 5.72. The Morgan fingerprint density at radius 1 is 1.22 bits per heavy atom. The first-order valence-corrected chi connectivity index (χ1v) is 12.0. The largest absolute Gasteiger partial charge is 0.493 e. The highest BCUT2D eigenvalue weighted by atomic mass is 35.5. The summed E-state index contributed by atoms with van der Waals surface area (Å²) in [5.41, 5.74) is 3.23. The van der Waals surface area contributed by atoms with E-state index in [1.54, 1.807) is 35.0 Å². The number of halogens is 2. The van der Waals surface area contributed by atoms with Crippen LogP contribution < -0.4 is 21.7 Å². The Balaban J connectivity index is 1.41. The van der Waals surface area contributed by atoms with Crippen molar-refractivity contribution in [1.29, 1.82) is 0 Å². The molecule has 2 aromatic carbocycles. The summed E-state index contributed by atoms with van der Waals surface area (Å²) in [4.78, 5) is 25.9. The van der Waals surface area contributed by atoms with Gasteiger partial charge < -0.3 is 15.4 Å². The zero-order valence-corrected chi connectivity index (χ0v) is 20.1. The number of aromatic nitrogens is 5. The highest BCUT2D eigenvalue weighted by Crippen LogP contribution is 2.28. The van der Waals surface area contributed by atoms with Crippen LogP contribution in [0, 0.1) is 5.82 Å². The van der Waals surface area contributed by atoms with E-state index in [0.717, 1.165) is 29.5 Å². The quantitative estimate of drug-likeness (QED) is 0.275. The van der Waals surface area contributed by atoms with Crippen molar-refractivity contribution < 1.29 is 9.50 Å². The molecule has 0 radical (unpaired) electrons. The fraction of sp³-hybridized carbons (Fsp3) is 0.154. The molecule has 1 saturated carbocycles. The number of rotatable bonds is 6. The molecule has 37 heavy (non-hydrogen) atoms. The van der Waals surface area contributed by atoms with E-state index >= 15 is 0 Å². The fourth-order valence-electron chi connectivity index (χ4n) is 4.10. The fourth-order valence-corrected chi connectivity index (χ4v) is 4.29. The van der Waals surface area contributed by atoms with Crippen molar-refractivity contribution in [1.82, 2.24) is 24.6 Å². The second-order valence-corrected chi connectivity index (χ2v) is 9.28. The van der Waals surface area contributed by atoms with Crippen LogP contribution in [-0.2, 0) is 6.54 Å². The molecule has 3 heterocycles. The molecule has 0 atom stereocenters. The third-order valence-electron chi connectivity index (χ3n) is 6.04. The number of aromatic amines is 2. The molecule has 0 saturated heterocycles. The molecule has 4 N–H and O–H groups in total. The highest BCUT2D eigenvalue weighted by molar-refractivity contribution is 6.30. The SMILES string of the molecule is O=c1[nH]c(O)c(/C=c2\cnn3c(=NC4CC4)cc(NCc4ccc(F)cc4-c4cccc(Cl)c4)nc23)[nH]1. The van der Waals surface area contributed by atoms with Gasteiger partial charge in [-0.2, -0.15) is 9.61 Å².